The molecule has 4 rings (SSSR count). The number of anilines is 1. The van der Waals surface area contributed by atoms with E-state index in [0.717, 1.165) is 48.2 Å². The number of hydrogen-bond donors (Lipinski definition) is 0. The molecule has 1 aliphatic heterocycles. The van der Waals surface area contributed by atoms with Crippen LogP contribution in [0.4, 0.5) is 9.52 Å². The Morgan fingerprint density at radius 3 is 2.62 bits per heavy atom. The van der Waals surface area contributed by atoms with Crippen LogP contribution in [0.2, 0.25) is 0 Å². The summed E-state index contributed by atoms with van der Waals surface area (Å²) in [4.78, 5) is 2.33. The van der Waals surface area contributed by atoms with Crippen molar-refractivity contribution in [3.63, 3.8) is 0 Å². The Hall–Kier alpha value is -2.28. The van der Waals surface area contributed by atoms with Crippen molar-refractivity contribution in [1.82, 2.24) is 20.0 Å². The van der Waals surface area contributed by atoms with Crippen LogP contribution in [0.25, 0.3) is 0 Å². The Morgan fingerprint density at radius 2 is 1.92 bits per heavy atom. The summed E-state index contributed by atoms with van der Waals surface area (Å²) in [6.07, 6.45) is 7.11. The third-order valence-corrected chi connectivity index (χ3v) is 5.92. The van der Waals surface area contributed by atoms with Gasteiger partial charge in [0.15, 0.2) is 0 Å². The molecule has 2 aromatic heterocycles. The molecule has 0 bridgehead atoms. The van der Waals surface area contributed by atoms with E-state index in [2.05, 4.69) is 33.3 Å². The lowest BCUT2D eigenvalue weighted by Crippen LogP contribution is -2.32. The number of nitrogens with zero attached hydrogens (tertiary/aromatic N) is 5. The van der Waals surface area contributed by atoms with Crippen molar-refractivity contribution < 1.29 is 4.39 Å². The molecule has 7 heteroatoms. The third kappa shape index (κ3) is 3.77. The predicted octanol–water partition coefficient (Wildman–Crippen LogP) is 3.87. The predicted molar refractivity (Wildman–Crippen MR) is 101 cm³/mol. The van der Waals surface area contributed by atoms with E-state index in [1.54, 1.807) is 23.5 Å². The first-order valence-electron chi connectivity index (χ1n) is 9.05. The number of halogens is 1. The van der Waals surface area contributed by atoms with E-state index < -0.39 is 0 Å². The molecular weight excluding hydrogens is 349 g/mol. The number of rotatable bonds is 5. The van der Waals surface area contributed by atoms with Gasteiger partial charge in [-0.05, 0) is 48.9 Å². The molecule has 5 nitrogen and oxygen atoms in total. The van der Waals surface area contributed by atoms with Gasteiger partial charge >= 0.3 is 0 Å². The van der Waals surface area contributed by atoms with Gasteiger partial charge in [0.1, 0.15) is 10.8 Å². The van der Waals surface area contributed by atoms with Crippen molar-refractivity contribution in [3.8, 4) is 0 Å². The van der Waals surface area contributed by atoms with Gasteiger partial charge in [0.2, 0.25) is 5.13 Å². The number of hydrogen-bond acceptors (Lipinski definition) is 5. The molecule has 1 saturated heterocycles. The number of benzene rings is 1. The van der Waals surface area contributed by atoms with Gasteiger partial charge in [-0.1, -0.05) is 23.5 Å². The van der Waals surface area contributed by atoms with Crippen LogP contribution in [0.1, 0.15) is 41.8 Å². The van der Waals surface area contributed by atoms with Crippen LogP contribution in [0.5, 0.6) is 0 Å². The van der Waals surface area contributed by atoms with Crippen molar-refractivity contribution in [2.75, 3.05) is 18.0 Å². The Bertz CT molecular complexity index is 849. The summed E-state index contributed by atoms with van der Waals surface area (Å²) in [5, 5.41) is 15.0. The molecule has 0 saturated carbocycles. The Balaban J connectivity index is 1.36. The maximum absolute atomic E-state index is 13.0. The monoisotopic (exact) mass is 371 g/mol. The normalized spacial score (nSPS) is 15.5. The van der Waals surface area contributed by atoms with Gasteiger partial charge in [0, 0.05) is 32.3 Å². The highest BCUT2D eigenvalue weighted by atomic mass is 32.1. The second-order valence-electron chi connectivity index (χ2n) is 6.67. The molecule has 136 valence electrons. The molecule has 0 spiro atoms. The number of aryl methyl sites for hydroxylation is 1. The lowest BCUT2D eigenvalue weighted by molar-refractivity contribution is 0.503. The van der Waals surface area contributed by atoms with Gasteiger partial charge in [0.25, 0.3) is 0 Å². The standard InChI is InChI=1S/C19H22FN5S/c1-2-25-13-16(12-21-25)15-7-9-24(10-8-15)19-23-22-18(26-19)11-14-3-5-17(20)6-4-14/h3-6,12-13,15H,2,7-11H2,1H3. The van der Waals surface area contributed by atoms with Crippen molar-refractivity contribution >= 4 is 16.5 Å². The third-order valence-electron chi connectivity index (χ3n) is 4.94. The molecule has 0 N–H and O–H groups in total. The Labute approximate surface area is 156 Å². The van der Waals surface area contributed by atoms with Crippen LogP contribution >= 0.6 is 11.3 Å². The van der Waals surface area contributed by atoms with Crippen LogP contribution in [0.15, 0.2) is 36.7 Å². The molecule has 0 atom stereocenters. The molecule has 0 radical (unpaired) electrons. The maximum atomic E-state index is 13.0. The molecule has 1 fully saturated rings. The largest absolute Gasteiger partial charge is 0.347 e. The second kappa shape index (κ2) is 7.53. The summed E-state index contributed by atoms with van der Waals surface area (Å²) in [7, 11) is 0. The fourth-order valence-corrected chi connectivity index (χ4v) is 4.31. The van der Waals surface area contributed by atoms with Crippen LogP contribution in [-0.4, -0.2) is 33.1 Å². The lowest BCUT2D eigenvalue weighted by Gasteiger charge is -2.30. The zero-order valence-corrected chi connectivity index (χ0v) is 15.6. The highest BCUT2D eigenvalue weighted by Gasteiger charge is 2.23. The Morgan fingerprint density at radius 1 is 1.15 bits per heavy atom. The topological polar surface area (TPSA) is 46.8 Å². The van der Waals surface area contributed by atoms with E-state index in [1.807, 2.05) is 10.9 Å². The molecule has 26 heavy (non-hydrogen) atoms. The summed E-state index contributed by atoms with van der Waals surface area (Å²) < 4.78 is 15.0. The summed E-state index contributed by atoms with van der Waals surface area (Å²) in [6.45, 7) is 5.01. The fraction of sp³-hybridized carbons (Fsp3) is 0.421. The zero-order valence-electron chi connectivity index (χ0n) is 14.8. The SMILES string of the molecule is CCn1cc(C2CCN(c3nnc(Cc4ccc(F)cc4)s3)CC2)cn1. The van der Waals surface area contributed by atoms with E-state index in [4.69, 9.17) is 0 Å². The van der Waals surface area contributed by atoms with Gasteiger partial charge < -0.3 is 4.90 Å². The van der Waals surface area contributed by atoms with E-state index in [9.17, 15) is 4.39 Å². The molecule has 0 unspecified atom stereocenters. The number of piperidine rings is 1. The van der Waals surface area contributed by atoms with E-state index in [0.29, 0.717) is 12.3 Å². The van der Waals surface area contributed by atoms with Gasteiger partial charge in [-0.15, -0.1) is 10.2 Å². The van der Waals surface area contributed by atoms with Crippen LogP contribution in [-0.2, 0) is 13.0 Å². The first kappa shape index (κ1) is 17.1. The van der Waals surface area contributed by atoms with Crippen molar-refractivity contribution in [3.05, 3.63) is 58.6 Å². The van der Waals surface area contributed by atoms with Gasteiger partial charge in [-0.25, -0.2) is 4.39 Å². The molecule has 1 aliphatic rings. The zero-order chi connectivity index (χ0) is 17.9. The lowest BCUT2D eigenvalue weighted by atomic mass is 9.92. The minimum Gasteiger partial charge on any atom is -0.347 e. The number of aromatic nitrogens is 4. The smallest absolute Gasteiger partial charge is 0.208 e. The summed E-state index contributed by atoms with van der Waals surface area (Å²) in [5.74, 6) is 0.372. The van der Waals surface area contributed by atoms with Crippen molar-refractivity contribution in [1.29, 1.82) is 0 Å². The quantitative estimate of drug-likeness (QED) is 0.683. The van der Waals surface area contributed by atoms with Gasteiger partial charge in [0.05, 0.1) is 6.20 Å². The highest BCUT2D eigenvalue weighted by Crippen LogP contribution is 2.31. The molecule has 0 amide bonds. The van der Waals surface area contributed by atoms with Gasteiger partial charge in [-0.3, -0.25) is 4.68 Å². The van der Waals surface area contributed by atoms with E-state index in [-0.39, 0.29) is 5.82 Å². The average Bonchev–Trinajstić information content (AvgIpc) is 3.33. The maximum Gasteiger partial charge on any atom is 0.208 e. The first-order valence-corrected chi connectivity index (χ1v) is 9.87. The molecule has 3 heterocycles. The summed E-state index contributed by atoms with van der Waals surface area (Å²) in [5.41, 5.74) is 2.40. The van der Waals surface area contributed by atoms with E-state index >= 15 is 0 Å². The Kier molecular flexibility index (Phi) is 4.97. The van der Waals surface area contributed by atoms with Crippen LogP contribution < -0.4 is 4.90 Å². The molecular formula is C19H22FN5S. The second-order valence-corrected chi connectivity index (χ2v) is 7.71. The minimum absolute atomic E-state index is 0.209. The average molecular weight is 371 g/mol. The highest BCUT2D eigenvalue weighted by molar-refractivity contribution is 7.15. The first-order chi connectivity index (χ1) is 12.7. The molecule has 1 aromatic carbocycles. The fourth-order valence-electron chi connectivity index (χ4n) is 3.39. The summed E-state index contributed by atoms with van der Waals surface area (Å²) >= 11 is 1.64. The summed E-state index contributed by atoms with van der Waals surface area (Å²) in [6, 6.07) is 6.59. The van der Waals surface area contributed by atoms with Crippen LogP contribution in [0.3, 0.4) is 0 Å². The van der Waals surface area contributed by atoms with Crippen LogP contribution in [0, 0.1) is 5.82 Å². The minimum atomic E-state index is -0.209. The molecule has 3 aromatic rings. The molecule has 0 aliphatic carbocycles. The van der Waals surface area contributed by atoms with E-state index in [1.165, 1.54) is 17.7 Å². The van der Waals surface area contributed by atoms with Crippen molar-refractivity contribution in [2.45, 2.75) is 38.6 Å². The van der Waals surface area contributed by atoms with Gasteiger partial charge in [-0.2, -0.15) is 5.10 Å². The van der Waals surface area contributed by atoms with Crippen molar-refractivity contribution in [2.24, 2.45) is 0 Å².